The third kappa shape index (κ3) is 3.61. The van der Waals surface area contributed by atoms with Gasteiger partial charge >= 0.3 is 0 Å². The first-order valence-electron chi connectivity index (χ1n) is 9.78. The molecule has 2 aromatic rings. The van der Waals surface area contributed by atoms with Gasteiger partial charge in [-0.25, -0.2) is 0 Å². The molecule has 0 aromatic carbocycles. The van der Waals surface area contributed by atoms with Crippen LogP contribution in [0.5, 0.6) is 0 Å². The maximum absolute atomic E-state index is 13.5. The minimum absolute atomic E-state index is 0.0414. The number of carbonyl (C=O) groups is 1. The molecule has 1 amide bonds. The first-order valence-corrected chi connectivity index (χ1v) is 9.78. The van der Waals surface area contributed by atoms with E-state index in [1.807, 2.05) is 21.8 Å². The van der Waals surface area contributed by atoms with Crippen LogP contribution in [-0.2, 0) is 24.2 Å². The molecule has 4 rings (SSSR count). The van der Waals surface area contributed by atoms with Crippen molar-refractivity contribution in [2.75, 3.05) is 26.8 Å². The number of aromatic nitrogens is 3. The fourth-order valence-corrected chi connectivity index (χ4v) is 4.18. The van der Waals surface area contributed by atoms with E-state index in [9.17, 15) is 4.79 Å². The lowest BCUT2D eigenvalue weighted by molar-refractivity contribution is 0.0602. The highest BCUT2D eigenvalue weighted by molar-refractivity contribution is 5.94. The molecule has 1 fully saturated rings. The van der Waals surface area contributed by atoms with Crippen LogP contribution in [0.2, 0.25) is 0 Å². The van der Waals surface area contributed by atoms with Gasteiger partial charge in [-0.1, -0.05) is 6.07 Å². The van der Waals surface area contributed by atoms with Crippen molar-refractivity contribution < 1.29 is 9.53 Å². The Morgan fingerprint density at radius 2 is 2.33 bits per heavy atom. The average Bonchev–Trinajstić information content (AvgIpc) is 3.11. The first-order chi connectivity index (χ1) is 13.3. The number of likely N-dealkylation sites (tertiary alicyclic amines) is 1. The molecule has 7 nitrogen and oxygen atoms in total. The Kier molecular flexibility index (Phi) is 5.50. The summed E-state index contributed by atoms with van der Waals surface area (Å²) in [7, 11) is 1.69. The molecule has 1 saturated heterocycles. The van der Waals surface area contributed by atoms with Gasteiger partial charge in [0.15, 0.2) is 5.69 Å². The zero-order chi connectivity index (χ0) is 18.6. The molecular formula is C20H27N5O2. The Balaban J connectivity index is 1.65. The van der Waals surface area contributed by atoms with Crippen molar-refractivity contribution in [3.05, 3.63) is 47.0 Å². The van der Waals surface area contributed by atoms with Crippen LogP contribution in [0.25, 0.3) is 0 Å². The van der Waals surface area contributed by atoms with E-state index in [4.69, 9.17) is 9.84 Å². The second-order valence-electron chi connectivity index (χ2n) is 7.21. The first kappa shape index (κ1) is 18.1. The minimum atomic E-state index is 0.0414. The summed E-state index contributed by atoms with van der Waals surface area (Å²) >= 11 is 0. The highest BCUT2D eigenvalue weighted by atomic mass is 16.5. The maximum Gasteiger partial charge on any atom is 0.275 e. The maximum atomic E-state index is 13.5. The summed E-state index contributed by atoms with van der Waals surface area (Å²) in [6.07, 6.45) is 7.69. The van der Waals surface area contributed by atoms with Crippen LogP contribution in [0.4, 0.5) is 0 Å². The second-order valence-corrected chi connectivity index (χ2v) is 7.21. The summed E-state index contributed by atoms with van der Waals surface area (Å²) in [5.74, 6) is 0.0414. The fourth-order valence-electron chi connectivity index (χ4n) is 4.18. The van der Waals surface area contributed by atoms with Gasteiger partial charge in [0.05, 0.1) is 19.2 Å². The Bertz CT molecular complexity index is 789. The molecular weight excluding hydrogens is 342 g/mol. The van der Waals surface area contributed by atoms with Gasteiger partial charge in [-0.2, -0.15) is 5.10 Å². The lowest BCUT2D eigenvalue weighted by atomic mass is 9.95. The van der Waals surface area contributed by atoms with Gasteiger partial charge in [0.2, 0.25) is 0 Å². The van der Waals surface area contributed by atoms with Crippen molar-refractivity contribution >= 4 is 5.91 Å². The summed E-state index contributed by atoms with van der Waals surface area (Å²) in [5.41, 5.74) is 3.93. The van der Waals surface area contributed by atoms with Gasteiger partial charge in [-0.15, -0.1) is 0 Å². The van der Waals surface area contributed by atoms with Crippen LogP contribution in [-0.4, -0.2) is 52.4 Å². The second kappa shape index (κ2) is 8.19. The largest absolute Gasteiger partial charge is 0.383 e. The van der Waals surface area contributed by atoms with Crippen LogP contribution < -0.4 is 5.32 Å². The quantitative estimate of drug-likeness (QED) is 0.872. The van der Waals surface area contributed by atoms with E-state index in [1.54, 1.807) is 13.3 Å². The molecule has 2 aliphatic heterocycles. The van der Waals surface area contributed by atoms with Crippen molar-refractivity contribution in [2.24, 2.45) is 0 Å². The molecule has 1 atom stereocenters. The number of carbonyl (C=O) groups excluding carboxylic acids is 1. The van der Waals surface area contributed by atoms with Gasteiger partial charge in [0, 0.05) is 56.8 Å². The average molecular weight is 369 g/mol. The van der Waals surface area contributed by atoms with Crippen LogP contribution in [0, 0.1) is 0 Å². The van der Waals surface area contributed by atoms with Crippen molar-refractivity contribution in [2.45, 2.75) is 44.8 Å². The van der Waals surface area contributed by atoms with E-state index < -0.39 is 0 Å². The summed E-state index contributed by atoms with van der Waals surface area (Å²) < 4.78 is 7.19. The predicted molar refractivity (Wildman–Crippen MR) is 101 cm³/mol. The van der Waals surface area contributed by atoms with Gasteiger partial charge < -0.3 is 15.0 Å². The third-order valence-corrected chi connectivity index (χ3v) is 5.55. The molecule has 0 bridgehead atoms. The van der Waals surface area contributed by atoms with Crippen LogP contribution in [0.1, 0.15) is 52.6 Å². The molecule has 4 heterocycles. The Morgan fingerprint density at radius 1 is 1.41 bits per heavy atom. The lowest BCUT2D eigenvalue weighted by Crippen LogP contribution is -2.39. The predicted octanol–water partition coefficient (Wildman–Crippen LogP) is 1.94. The number of nitrogens with one attached hydrogen (secondary N) is 1. The molecule has 27 heavy (non-hydrogen) atoms. The number of hydrogen-bond acceptors (Lipinski definition) is 5. The van der Waals surface area contributed by atoms with E-state index in [1.165, 1.54) is 5.69 Å². The molecule has 144 valence electrons. The molecule has 1 unspecified atom stereocenters. The number of piperidine rings is 1. The molecule has 0 spiro atoms. The zero-order valence-corrected chi connectivity index (χ0v) is 15.9. The zero-order valence-electron chi connectivity index (χ0n) is 15.9. The number of ether oxygens (including phenoxy) is 1. The van der Waals surface area contributed by atoms with Gasteiger partial charge in [-0.05, 0) is 30.9 Å². The molecule has 2 aliphatic rings. The summed E-state index contributed by atoms with van der Waals surface area (Å²) in [5, 5.41) is 8.11. The van der Waals surface area contributed by atoms with Crippen molar-refractivity contribution in [3.63, 3.8) is 0 Å². The Morgan fingerprint density at radius 3 is 3.15 bits per heavy atom. The summed E-state index contributed by atoms with van der Waals surface area (Å²) in [6, 6.07) is 4.09. The van der Waals surface area contributed by atoms with Crippen LogP contribution >= 0.6 is 0 Å². The van der Waals surface area contributed by atoms with Crippen molar-refractivity contribution in [1.29, 1.82) is 0 Å². The number of pyridine rings is 1. The molecule has 0 saturated carbocycles. The SMILES string of the molecule is COCCn1nc(C(=O)N2CCCCC2c2cccnc2)c2c1CCNC2. The molecule has 0 aliphatic carbocycles. The van der Waals surface area contributed by atoms with Crippen LogP contribution in [0.15, 0.2) is 24.5 Å². The van der Waals surface area contributed by atoms with E-state index >= 15 is 0 Å². The third-order valence-electron chi connectivity index (χ3n) is 5.55. The van der Waals surface area contributed by atoms with Crippen molar-refractivity contribution in [1.82, 2.24) is 25.0 Å². The van der Waals surface area contributed by atoms with Crippen LogP contribution in [0.3, 0.4) is 0 Å². The number of methoxy groups -OCH3 is 1. The van der Waals surface area contributed by atoms with E-state index in [0.29, 0.717) is 25.4 Å². The number of amides is 1. The van der Waals surface area contributed by atoms with Gasteiger partial charge in [0.25, 0.3) is 5.91 Å². The fraction of sp³-hybridized carbons (Fsp3) is 0.550. The summed E-state index contributed by atoms with van der Waals surface area (Å²) in [4.78, 5) is 19.8. The van der Waals surface area contributed by atoms with E-state index in [0.717, 1.165) is 49.9 Å². The number of fused-ring (bicyclic) bond motifs is 1. The highest BCUT2D eigenvalue weighted by Gasteiger charge is 2.33. The van der Waals surface area contributed by atoms with Gasteiger partial charge in [-0.3, -0.25) is 14.5 Å². The highest BCUT2D eigenvalue weighted by Crippen LogP contribution is 2.32. The summed E-state index contributed by atoms with van der Waals surface area (Å²) in [6.45, 7) is 3.66. The number of hydrogen-bond donors (Lipinski definition) is 1. The molecule has 2 aromatic heterocycles. The lowest BCUT2D eigenvalue weighted by Gasteiger charge is -2.35. The normalized spacial score (nSPS) is 19.7. The van der Waals surface area contributed by atoms with Crippen molar-refractivity contribution in [3.8, 4) is 0 Å². The number of nitrogens with zero attached hydrogens (tertiary/aromatic N) is 4. The Hall–Kier alpha value is -2.25. The topological polar surface area (TPSA) is 72.3 Å². The van der Waals surface area contributed by atoms with E-state index in [2.05, 4.69) is 16.4 Å². The van der Waals surface area contributed by atoms with Gasteiger partial charge in [0.1, 0.15) is 0 Å². The smallest absolute Gasteiger partial charge is 0.275 e. The number of rotatable bonds is 5. The van der Waals surface area contributed by atoms with E-state index in [-0.39, 0.29) is 11.9 Å². The molecule has 0 radical (unpaired) electrons. The monoisotopic (exact) mass is 369 g/mol. The molecule has 1 N–H and O–H groups in total. The Labute approximate surface area is 159 Å². The standard InChI is InChI=1S/C20H27N5O2/c1-27-12-11-25-18-7-9-22-14-16(18)19(23-25)20(26)24-10-3-2-6-17(24)15-5-4-8-21-13-15/h4-5,8,13,17,22H,2-3,6-7,9-12,14H2,1H3. The minimum Gasteiger partial charge on any atom is -0.383 e. The molecule has 7 heteroatoms.